The second-order valence-corrected chi connectivity index (χ2v) is 5.05. The summed E-state index contributed by atoms with van der Waals surface area (Å²) in [4.78, 5) is 24.1. The van der Waals surface area contributed by atoms with E-state index in [1.807, 2.05) is 0 Å². The van der Waals surface area contributed by atoms with Crippen molar-refractivity contribution in [2.45, 2.75) is 0 Å². The predicted molar refractivity (Wildman–Crippen MR) is 93.1 cm³/mol. The van der Waals surface area contributed by atoms with Crippen LogP contribution in [0.25, 0.3) is 0 Å². The minimum atomic E-state index is -0.849. The van der Waals surface area contributed by atoms with Crippen LogP contribution >= 0.6 is 0 Å². The predicted octanol–water partition coefficient (Wildman–Crippen LogP) is 2.21. The van der Waals surface area contributed by atoms with Crippen LogP contribution in [0.1, 0.15) is 10.4 Å². The van der Waals surface area contributed by atoms with Gasteiger partial charge in [-0.1, -0.05) is 6.07 Å². The van der Waals surface area contributed by atoms with Crippen molar-refractivity contribution in [1.29, 1.82) is 0 Å². The lowest BCUT2D eigenvalue weighted by Crippen LogP contribution is -2.21. The van der Waals surface area contributed by atoms with Crippen molar-refractivity contribution in [3.05, 3.63) is 42.0 Å². The van der Waals surface area contributed by atoms with Crippen LogP contribution in [0.5, 0.6) is 23.0 Å². The summed E-state index contributed by atoms with van der Waals surface area (Å²) in [7, 11) is 4.33. The maximum Gasteiger partial charge on any atom is 0.342 e. The van der Waals surface area contributed by atoms with Crippen molar-refractivity contribution in [2.75, 3.05) is 33.3 Å². The molecule has 0 atom stereocenters. The number of hydrogen-bond acceptors (Lipinski definition) is 7. The number of carbonyl (C=O) groups excluding carboxylic acids is 2. The zero-order valence-corrected chi connectivity index (χ0v) is 14.6. The lowest BCUT2D eigenvalue weighted by atomic mass is 10.2. The summed E-state index contributed by atoms with van der Waals surface area (Å²) in [6, 6.07) is 9.25. The fourth-order valence-corrected chi connectivity index (χ4v) is 2.15. The highest BCUT2D eigenvalue weighted by atomic mass is 16.5. The molecule has 8 nitrogen and oxygen atoms in total. The number of nitrogens with one attached hydrogen (secondary N) is 1. The largest absolute Gasteiger partial charge is 0.504 e. The molecule has 0 radical (unpaired) electrons. The average molecular weight is 361 g/mol. The van der Waals surface area contributed by atoms with Gasteiger partial charge in [0, 0.05) is 6.07 Å². The molecule has 0 aliphatic rings. The normalized spacial score (nSPS) is 9.96. The number of para-hydroxylation sites is 1. The highest BCUT2D eigenvalue weighted by Gasteiger charge is 2.18. The summed E-state index contributed by atoms with van der Waals surface area (Å²) in [6.07, 6.45) is 0. The van der Waals surface area contributed by atoms with E-state index in [-0.39, 0.29) is 17.1 Å². The van der Waals surface area contributed by atoms with E-state index >= 15 is 0 Å². The molecule has 0 saturated heterocycles. The van der Waals surface area contributed by atoms with Gasteiger partial charge in [-0.15, -0.1) is 0 Å². The van der Waals surface area contributed by atoms with E-state index in [0.717, 1.165) is 0 Å². The third-order valence-corrected chi connectivity index (χ3v) is 3.46. The van der Waals surface area contributed by atoms with Crippen LogP contribution < -0.4 is 19.5 Å². The first-order valence-corrected chi connectivity index (χ1v) is 7.55. The number of anilines is 1. The van der Waals surface area contributed by atoms with Crippen LogP contribution in [0.4, 0.5) is 5.69 Å². The lowest BCUT2D eigenvalue weighted by Gasteiger charge is -2.12. The Labute approximate surface area is 150 Å². The molecule has 1 amide bonds. The van der Waals surface area contributed by atoms with Crippen molar-refractivity contribution < 1.29 is 33.6 Å². The zero-order chi connectivity index (χ0) is 19.1. The van der Waals surface area contributed by atoms with E-state index in [1.54, 1.807) is 18.2 Å². The van der Waals surface area contributed by atoms with Crippen LogP contribution in [-0.2, 0) is 9.53 Å². The first-order chi connectivity index (χ1) is 12.5. The van der Waals surface area contributed by atoms with Crippen molar-refractivity contribution in [1.82, 2.24) is 0 Å². The van der Waals surface area contributed by atoms with E-state index in [0.29, 0.717) is 17.2 Å². The number of ether oxygens (including phenoxy) is 4. The van der Waals surface area contributed by atoms with Crippen LogP contribution in [0.15, 0.2) is 36.4 Å². The van der Waals surface area contributed by atoms with Crippen LogP contribution in [0.2, 0.25) is 0 Å². The highest BCUT2D eigenvalue weighted by molar-refractivity contribution is 5.97. The monoisotopic (exact) mass is 361 g/mol. The SMILES string of the molecule is COc1ccc(NC(=O)COC(=O)c2cccc(OC)c2O)c(OC)c1. The molecule has 0 aromatic heterocycles. The Kier molecular flexibility index (Phi) is 6.26. The third kappa shape index (κ3) is 4.35. The zero-order valence-electron chi connectivity index (χ0n) is 14.6. The van der Waals surface area contributed by atoms with Gasteiger partial charge < -0.3 is 29.4 Å². The smallest absolute Gasteiger partial charge is 0.342 e. The molecule has 0 spiro atoms. The van der Waals surface area contributed by atoms with Gasteiger partial charge in [0.15, 0.2) is 18.1 Å². The number of phenols is 1. The Balaban J connectivity index is 2.00. The molecule has 0 heterocycles. The van der Waals surface area contributed by atoms with Gasteiger partial charge in [0.2, 0.25) is 0 Å². The topological polar surface area (TPSA) is 103 Å². The van der Waals surface area contributed by atoms with E-state index < -0.39 is 18.5 Å². The van der Waals surface area contributed by atoms with Gasteiger partial charge >= 0.3 is 5.97 Å². The Bertz CT molecular complexity index is 804. The molecule has 0 saturated carbocycles. The molecule has 0 bridgehead atoms. The summed E-state index contributed by atoms with van der Waals surface area (Å²) in [5, 5.41) is 12.5. The Morgan fingerprint density at radius 1 is 1.00 bits per heavy atom. The van der Waals surface area contributed by atoms with Crippen molar-refractivity contribution >= 4 is 17.6 Å². The molecular weight excluding hydrogens is 342 g/mol. The molecule has 2 aromatic rings. The Hall–Kier alpha value is -3.42. The molecule has 0 aliphatic carbocycles. The Morgan fingerprint density at radius 2 is 1.73 bits per heavy atom. The number of amides is 1. The number of methoxy groups -OCH3 is 3. The molecule has 2 rings (SSSR count). The van der Waals surface area contributed by atoms with Gasteiger partial charge in [-0.25, -0.2) is 4.79 Å². The summed E-state index contributed by atoms with van der Waals surface area (Å²) < 4.78 is 20.1. The molecule has 26 heavy (non-hydrogen) atoms. The molecule has 0 fully saturated rings. The maximum absolute atomic E-state index is 12.0. The number of rotatable bonds is 7. The van der Waals surface area contributed by atoms with Crippen molar-refractivity contribution in [2.24, 2.45) is 0 Å². The van der Waals surface area contributed by atoms with Gasteiger partial charge in [0.1, 0.15) is 17.1 Å². The van der Waals surface area contributed by atoms with E-state index in [2.05, 4.69) is 5.32 Å². The fourth-order valence-electron chi connectivity index (χ4n) is 2.15. The summed E-state index contributed by atoms with van der Waals surface area (Å²) in [5.41, 5.74) is 0.303. The van der Waals surface area contributed by atoms with Gasteiger partial charge in [0.05, 0.1) is 27.0 Å². The standard InChI is InChI=1S/C18H19NO7/c1-23-11-7-8-13(15(9-11)25-3)19-16(20)10-26-18(22)12-5-4-6-14(24-2)17(12)21/h4-9,21H,10H2,1-3H3,(H,19,20). The lowest BCUT2D eigenvalue weighted by molar-refractivity contribution is -0.119. The van der Waals surface area contributed by atoms with Crippen LogP contribution in [0.3, 0.4) is 0 Å². The summed E-state index contributed by atoms with van der Waals surface area (Å²) in [6.45, 7) is -0.537. The molecular formula is C18H19NO7. The molecule has 8 heteroatoms. The molecule has 0 unspecified atom stereocenters. The minimum Gasteiger partial charge on any atom is -0.504 e. The number of esters is 1. The average Bonchev–Trinajstić information content (AvgIpc) is 2.66. The van der Waals surface area contributed by atoms with E-state index in [1.165, 1.54) is 39.5 Å². The fraction of sp³-hybridized carbons (Fsp3) is 0.222. The molecule has 2 N–H and O–H groups in total. The van der Waals surface area contributed by atoms with Crippen molar-refractivity contribution in [3.8, 4) is 23.0 Å². The van der Waals surface area contributed by atoms with Gasteiger partial charge in [0.25, 0.3) is 5.91 Å². The first-order valence-electron chi connectivity index (χ1n) is 7.55. The minimum absolute atomic E-state index is 0.0980. The summed E-state index contributed by atoms with van der Waals surface area (Å²) in [5.74, 6) is -0.666. The van der Waals surface area contributed by atoms with Gasteiger partial charge in [-0.2, -0.15) is 0 Å². The number of carbonyl (C=O) groups is 2. The molecule has 2 aromatic carbocycles. The Morgan fingerprint density at radius 3 is 2.38 bits per heavy atom. The van der Waals surface area contributed by atoms with Crippen LogP contribution in [0, 0.1) is 0 Å². The number of phenolic OH excluding ortho intramolecular Hbond substituents is 1. The van der Waals surface area contributed by atoms with E-state index in [4.69, 9.17) is 18.9 Å². The number of hydrogen-bond donors (Lipinski definition) is 2. The quantitative estimate of drug-likeness (QED) is 0.729. The third-order valence-electron chi connectivity index (χ3n) is 3.46. The van der Waals surface area contributed by atoms with Gasteiger partial charge in [-0.05, 0) is 24.3 Å². The molecule has 0 aliphatic heterocycles. The van der Waals surface area contributed by atoms with E-state index in [9.17, 15) is 14.7 Å². The second-order valence-electron chi connectivity index (χ2n) is 5.05. The van der Waals surface area contributed by atoms with Crippen molar-refractivity contribution in [3.63, 3.8) is 0 Å². The van der Waals surface area contributed by atoms with Gasteiger partial charge in [-0.3, -0.25) is 4.79 Å². The second kappa shape index (κ2) is 8.61. The number of aromatic hydroxyl groups is 1. The van der Waals surface area contributed by atoms with Crippen LogP contribution in [-0.4, -0.2) is 44.9 Å². The summed E-state index contributed by atoms with van der Waals surface area (Å²) >= 11 is 0. The highest BCUT2D eigenvalue weighted by Crippen LogP contribution is 2.30. The first kappa shape index (κ1) is 18.9. The maximum atomic E-state index is 12.0. The molecule has 138 valence electrons. The number of benzene rings is 2.